The number of hydrogen-bond acceptors (Lipinski definition) is 6. The topological polar surface area (TPSA) is 123 Å². The molecule has 0 spiro atoms. The summed E-state index contributed by atoms with van der Waals surface area (Å²) in [6.07, 6.45) is 3.26. The number of fused-ring (bicyclic) bond motifs is 1. The fourth-order valence-electron chi connectivity index (χ4n) is 3.91. The molecule has 0 saturated carbocycles. The number of carbonyl (C=O) groups is 2. The van der Waals surface area contributed by atoms with Gasteiger partial charge in [0, 0.05) is 42.6 Å². The van der Waals surface area contributed by atoms with Gasteiger partial charge >= 0.3 is 6.03 Å². The Hall–Kier alpha value is -5.25. The van der Waals surface area contributed by atoms with E-state index >= 15 is 0 Å². The van der Waals surface area contributed by atoms with Crippen molar-refractivity contribution < 1.29 is 14.3 Å². The number of benzene rings is 2. The molecule has 0 aliphatic heterocycles. The first kappa shape index (κ1) is 25.4. The van der Waals surface area contributed by atoms with Crippen LogP contribution < -0.4 is 20.7 Å². The van der Waals surface area contributed by atoms with Crippen molar-refractivity contribution >= 4 is 34.3 Å². The van der Waals surface area contributed by atoms with Gasteiger partial charge in [-0.05, 0) is 60.5 Å². The molecule has 0 saturated heterocycles. The Labute approximate surface area is 225 Å². The van der Waals surface area contributed by atoms with Crippen molar-refractivity contribution in [3.63, 3.8) is 0 Å². The maximum Gasteiger partial charge on any atom is 0.324 e. The molecular weight excluding hydrogens is 494 g/mol. The van der Waals surface area contributed by atoms with Crippen molar-refractivity contribution in [1.82, 2.24) is 25.1 Å². The van der Waals surface area contributed by atoms with Crippen LogP contribution in [-0.4, -0.2) is 38.7 Å². The monoisotopic (exact) mass is 521 g/mol. The van der Waals surface area contributed by atoms with Crippen LogP contribution in [0.15, 0.2) is 85.2 Å². The standard InChI is InChI=1S/C29H27N7O3/c1-18(2)25-17-27(36(35-25)21-8-11-24-19(15-21)5-4-13-31-24)34-29(38)33-20-6-9-22(10-7-20)39-23-12-14-32-26(16-23)28(37)30-3/h4-18H,1-3H3,(H,30,37)(H2,33,34,38). The van der Waals surface area contributed by atoms with Crippen molar-refractivity contribution in [3.05, 3.63) is 96.6 Å². The molecule has 0 fully saturated rings. The maximum absolute atomic E-state index is 12.9. The van der Waals surface area contributed by atoms with E-state index < -0.39 is 6.03 Å². The van der Waals surface area contributed by atoms with Crippen LogP contribution in [0.3, 0.4) is 0 Å². The summed E-state index contributed by atoms with van der Waals surface area (Å²) in [5.74, 6) is 1.44. The van der Waals surface area contributed by atoms with Gasteiger partial charge in [-0.25, -0.2) is 9.48 Å². The minimum Gasteiger partial charge on any atom is -0.457 e. The van der Waals surface area contributed by atoms with Crippen molar-refractivity contribution in [2.45, 2.75) is 19.8 Å². The molecule has 3 N–H and O–H groups in total. The number of nitrogens with zero attached hydrogens (tertiary/aromatic N) is 4. The van der Waals surface area contributed by atoms with Gasteiger partial charge in [-0.1, -0.05) is 19.9 Å². The van der Waals surface area contributed by atoms with Crippen LogP contribution >= 0.6 is 0 Å². The van der Waals surface area contributed by atoms with Gasteiger partial charge in [-0.15, -0.1) is 0 Å². The van der Waals surface area contributed by atoms with E-state index in [1.54, 1.807) is 47.3 Å². The van der Waals surface area contributed by atoms with Crippen LogP contribution in [0.5, 0.6) is 11.5 Å². The zero-order valence-corrected chi connectivity index (χ0v) is 21.7. The zero-order chi connectivity index (χ0) is 27.4. The molecule has 196 valence electrons. The minimum absolute atomic E-state index is 0.178. The second kappa shape index (κ2) is 11.0. The van der Waals surface area contributed by atoms with E-state index in [1.165, 1.54) is 13.2 Å². The van der Waals surface area contributed by atoms with Crippen molar-refractivity contribution in [2.24, 2.45) is 0 Å². The van der Waals surface area contributed by atoms with Crippen LogP contribution in [0.1, 0.15) is 35.9 Å². The molecule has 5 rings (SSSR count). The number of aromatic nitrogens is 4. The number of amides is 3. The number of carbonyl (C=O) groups excluding carboxylic acids is 2. The lowest BCUT2D eigenvalue weighted by molar-refractivity contribution is 0.0958. The fourth-order valence-corrected chi connectivity index (χ4v) is 3.91. The van der Waals surface area contributed by atoms with E-state index in [2.05, 4.69) is 39.8 Å². The molecule has 0 radical (unpaired) electrons. The lowest BCUT2D eigenvalue weighted by Crippen LogP contribution is -2.21. The summed E-state index contributed by atoms with van der Waals surface area (Å²) in [5.41, 5.74) is 3.38. The summed E-state index contributed by atoms with van der Waals surface area (Å²) >= 11 is 0. The Morgan fingerprint density at radius 3 is 2.46 bits per heavy atom. The average Bonchev–Trinajstić information content (AvgIpc) is 3.37. The SMILES string of the molecule is CNC(=O)c1cc(Oc2ccc(NC(=O)Nc3cc(C(C)C)nn3-c3ccc4ncccc4c3)cc2)ccn1. The van der Waals surface area contributed by atoms with Gasteiger partial charge in [0.2, 0.25) is 0 Å². The fraction of sp³-hybridized carbons (Fsp3) is 0.138. The molecule has 0 aliphatic rings. The van der Waals surface area contributed by atoms with Gasteiger partial charge < -0.3 is 15.4 Å². The van der Waals surface area contributed by atoms with Gasteiger partial charge in [0.1, 0.15) is 23.0 Å². The number of anilines is 2. The summed E-state index contributed by atoms with van der Waals surface area (Å²) in [5, 5.41) is 14.0. The van der Waals surface area contributed by atoms with Gasteiger partial charge in [0.15, 0.2) is 0 Å². The highest BCUT2D eigenvalue weighted by molar-refractivity contribution is 5.99. The van der Waals surface area contributed by atoms with E-state index in [1.807, 2.05) is 36.4 Å². The second-order valence-corrected chi connectivity index (χ2v) is 9.06. The highest BCUT2D eigenvalue weighted by atomic mass is 16.5. The molecule has 0 atom stereocenters. The van der Waals surface area contributed by atoms with Gasteiger partial charge in [0.25, 0.3) is 5.91 Å². The predicted molar refractivity (Wildman–Crippen MR) is 150 cm³/mol. The third-order valence-corrected chi connectivity index (χ3v) is 5.93. The van der Waals surface area contributed by atoms with E-state index in [0.717, 1.165) is 22.3 Å². The molecule has 0 aliphatic carbocycles. The number of hydrogen-bond donors (Lipinski definition) is 3. The quantitative estimate of drug-likeness (QED) is 0.251. The maximum atomic E-state index is 12.9. The smallest absolute Gasteiger partial charge is 0.324 e. The van der Waals surface area contributed by atoms with Crippen LogP contribution in [-0.2, 0) is 0 Å². The highest BCUT2D eigenvalue weighted by Crippen LogP contribution is 2.26. The largest absolute Gasteiger partial charge is 0.457 e. The molecule has 3 amide bonds. The molecule has 2 aromatic carbocycles. The molecule has 0 unspecified atom stereocenters. The Kier molecular flexibility index (Phi) is 7.17. The number of ether oxygens (including phenoxy) is 1. The Balaban J connectivity index is 1.29. The first-order chi connectivity index (χ1) is 18.9. The Morgan fingerprint density at radius 2 is 1.69 bits per heavy atom. The lowest BCUT2D eigenvalue weighted by Gasteiger charge is -2.11. The third kappa shape index (κ3) is 5.85. The zero-order valence-electron chi connectivity index (χ0n) is 21.7. The summed E-state index contributed by atoms with van der Waals surface area (Å²) < 4.78 is 7.55. The molecular formula is C29H27N7O3. The van der Waals surface area contributed by atoms with E-state index in [4.69, 9.17) is 9.84 Å². The number of pyridine rings is 2. The Morgan fingerprint density at radius 1 is 0.872 bits per heavy atom. The van der Waals surface area contributed by atoms with Crippen LogP contribution in [0.25, 0.3) is 16.6 Å². The summed E-state index contributed by atoms with van der Waals surface area (Å²) in [6.45, 7) is 4.10. The van der Waals surface area contributed by atoms with E-state index in [0.29, 0.717) is 23.0 Å². The van der Waals surface area contributed by atoms with Crippen molar-refractivity contribution in [2.75, 3.05) is 17.7 Å². The van der Waals surface area contributed by atoms with Crippen LogP contribution in [0.4, 0.5) is 16.3 Å². The van der Waals surface area contributed by atoms with Gasteiger partial charge in [-0.2, -0.15) is 5.10 Å². The molecule has 10 nitrogen and oxygen atoms in total. The second-order valence-electron chi connectivity index (χ2n) is 9.06. The van der Waals surface area contributed by atoms with Crippen molar-refractivity contribution in [3.8, 4) is 17.2 Å². The summed E-state index contributed by atoms with van der Waals surface area (Å²) in [6, 6.07) is 21.3. The van der Waals surface area contributed by atoms with E-state index in [-0.39, 0.29) is 17.5 Å². The molecule has 3 aromatic heterocycles. The van der Waals surface area contributed by atoms with Gasteiger partial charge in [0.05, 0.1) is 16.9 Å². The number of nitrogens with one attached hydrogen (secondary N) is 3. The van der Waals surface area contributed by atoms with Crippen LogP contribution in [0, 0.1) is 0 Å². The highest BCUT2D eigenvalue weighted by Gasteiger charge is 2.15. The molecule has 39 heavy (non-hydrogen) atoms. The Bertz CT molecular complexity index is 1640. The third-order valence-electron chi connectivity index (χ3n) is 5.93. The molecule has 0 bridgehead atoms. The summed E-state index contributed by atoms with van der Waals surface area (Å²) in [7, 11) is 1.54. The number of rotatable bonds is 7. The predicted octanol–water partition coefficient (Wildman–Crippen LogP) is 5.73. The molecule has 3 heterocycles. The first-order valence-corrected chi connectivity index (χ1v) is 12.4. The minimum atomic E-state index is -0.410. The van der Waals surface area contributed by atoms with Crippen molar-refractivity contribution in [1.29, 1.82) is 0 Å². The van der Waals surface area contributed by atoms with Crippen LogP contribution in [0.2, 0.25) is 0 Å². The molecule has 5 aromatic rings. The normalized spacial score (nSPS) is 10.9. The van der Waals surface area contributed by atoms with Gasteiger partial charge in [-0.3, -0.25) is 20.1 Å². The lowest BCUT2D eigenvalue weighted by atomic mass is 10.1. The average molecular weight is 522 g/mol. The first-order valence-electron chi connectivity index (χ1n) is 12.4. The summed E-state index contributed by atoms with van der Waals surface area (Å²) in [4.78, 5) is 33.1. The number of urea groups is 1. The van der Waals surface area contributed by atoms with E-state index in [9.17, 15) is 9.59 Å². The molecule has 10 heteroatoms.